The van der Waals surface area contributed by atoms with Gasteiger partial charge in [0.15, 0.2) is 11.6 Å². The molecule has 4 aromatic heterocycles. The zero-order chi connectivity index (χ0) is 37.5. The number of fused-ring (bicyclic) bond motifs is 10. The van der Waals surface area contributed by atoms with Crippen LogP contribution in [-0.4, -0.2) is 24.1 Å². The summed E-state index contributed by atoms with van der Waals surface area (Å²) >= 11 is 0. The Balaban J connectivity index is 1.27. The first-order chi connectivity index (χ1) is 28.3. The van der Waals surface area contributed by atoms with Crippen LogP contribution in [0.1, 0.15) is 0 Å². The number of para-hydroxylation sites is 5. The van der Waals surface area contributed by atoms with Gasteiger partial charge in [0.25, 0.3) is 0 Å². The summed E-state index contributed by atoms with van der Waals surface area (Å²) in [4.78, 5) is 15.9. The van der Waals surface area contributed by atoms with E-state index >= 15 is 0 Å². The van der Waals surface area contributed by atoms with E-state index in [2.05, 4.69) is 143 Å². The molecular weight excluding hydrogens is 699 g/mol. The zero-order valence-corrected chi connectivity index (χ0v) is 30.5. The van der Waals surface area contributed by atoms with Gasteiger partial charge in [-0.25, -0.2) is 4.98 Å². The summed E-state index contributed by atoms with van der Waals surface area (Å²) in [5.74, 6) is 1.64. The Morgan fingerprint density at radius 2 is 0.982 bits per heavy atom. The summed E-state index contributed by atoms with van der Waals surface area (Å²) < 4.78 is 11.2. The van der Waals surface area contributed by atoms with E-state index < -0.39 is 0 Å². The second-order valence-electron chi connectivity index (χ2n) is 14.4. The lowest BCUT2D eigenvalue weighted by atomic mass is 9.96. The van der Waals surface area contributed by atoms with Gasteiger partial charge in [0.2, 0.25) is 5.95 Å². The Morgan fingerprint density at radius 1 is 0.386 bits per heavy atom. The standard InChI is InChI=1S/C51H31N5O/c1-4-17-32(18-5-1)40-31-41-35-23-10-13-28-42(35)56(46(41)47-45(40)38-25-11-14-29-43(38)55(47)34-21-8-3-9-22-34)51-53-49(33-19-6-2-7-20-33)52-50(54-51)39-27-16-26-37-36-24-12-15-30-44(36)57-48(37)39/h1-31H. The molecule has 6 heteroatoms. The summed E-state index contributed by atoms with van der Waals surface area (Å²) in [7, 11) is 0. The lowest BCUT2D eigenvalue weighted by Crippen LogP contribution is -2.07. The summed E-state index contributed by atoms with van der Waals surface area (Å²) in [5.41, 5.74) is 10.9. The van der Waals surface area contributed by atoms with E-state index in [0.717, 1.165) is 77.2 Å². The van der Waals surface area contributed by atoms with Gasteiger partial charge in [-0.1, -0.05) is 146 Å². The second kappa shape index (κ2) is 12.3. The Hall–Kier alpha value is -7.83. The van der Waals surface area contributed by atoms with Gasteiger partial charge < -0.3 is 8.98 Å². The first kappa shape index (κ1) is 31.5. The second-order valence-corrected chi connectivity index (χ2v) is 14.4. The highest BCUT2D eigenvalue weighted by Crippen LogP contribution is 2.46. The van der Waals surface area contributed by atoms with Crippen LogP contribution in [0.15, 0.2) is 192 Å². The maximum Gasteiger partial charge on any atom is 0.238 e. The quantitative estimate of drug-likeness (QED) is 0.177. The van der Waals surface area contributed by atoms with Crippen LogP contribution in [0.4, 0.5) is 0 Å². The highest BCUT2D eigenvalue weighted by atomic mass is 16.3. The number of aromatic nitrogens is 5. The fourth-order valence-electron chi connectivity index (χ4n) is 8.72. The van der Waals surface area contributed by atoms with Crippen LogP contribution in [0.5, 0.6) is 0 Å². The fraction of sp³-hybridized carbons (Fsp3) is 0. The third-order valence-corrected chi connectivity index (χ3v) is 11.2. The van der Waals surface area contributed by atoms with Crippen LogP contribution in [-0.2, 0) is 0 Å². The van der Waals surface area contributed by atoms with Crippen LogP contribution in [0.3, 0.4) is 0 Å². The van der Waals surface area contributed by atoms with E-state index in [1.807, 2.05) is 54.6 Å². The number of hydrogen-bond acceptors (Lipinski definition) is 4. The summed E-state index contributed by atoms with van der Waals surface area (Å²) in [6, 6.07) is 65.5. The number of rotatable bonds is 5. The molecule has 0 aliphatic rings. The van der Waals surface area contributed by atoms with E-state index in [1.165, 1.54) is 16.3 Å². The topological polar surface area (TPSA) is 61.7 Å². The van der Waals surface area contributed by atoms with Crippen LogP contribution >= 0.6 is 0 Å². The van der Waals surface area contributed by atoms with Gasteiger partial charge in [0.1, 0.15) is 11.2 Å². The number of benzene rings is 8. The van der Waals surface area contributed by atoms with Crippen molar-refractivity contribution in [2.24, 2.45) is 0 Å². The molecule has 0 amide bonds. The van der Waals surface area contributed by atoms with Crippen LogP contribution < -0.4 is 0 Å². The summed E-state index contributed by atoms with van der Waals surface area (Å²) in [6.07, 6.45) is 0. The van der Waals surface area contributed by atoms with Crippen molar-refractivity contribution in [3.63, 3.8) is 0 Å². The van der Waals surface area contributed by atoms with E-state index in [4.69, 9.17) is 19.4 Å². The molecule has 0 aliphatic carbocycles. The van der Waals surface area contributed by atoms with E-state index in [9.17, 15) is 0 Å². The maximum absolute atomic E-state index is 6.56. The summed E-state index contributed by atoms with van der Waals surface area (Å²) in [5, 5.41) is 6.64. The smallest absolute Gasteiger partial charge is 0.238 e. The molecule has 6 nitrogen and oxygen atoms in total. The largest absolute Gasteiger partial charge is 0.455 e. The van der Waals surface area contributed by atoms with E-state index in [1.54, 1.807) is 0 Å². The van der Waals surface area contributed by atoms with Crippen molar-refractivity contribution in [3.05, 3.63) is 188 Å². The molecule has 57 heavy (non-hydrogen) atoms. The normalized spacial score (nSPS) is 11.9. The molecule has 266 valence electrons. The number of furan rings is 1. The molecular formula is C51H31N5O. The van der Waals surface area contributed by atoms with Crippen LogP contribution in [0.25, 0.3) is 111 Å². The van der Waals surface area contributed by atoms with Crippen molar-refractivity contribution >= 4 is 65.6 Å². The molecule has 0 saturated heterocycles. The Labute approximate surface area is 326 Å². The molecule has 0 radical (unpaired) electrons. The lowest BCUT2D eigenvalue weighted by Gasteiger charge is -2.14. The molecule has 0 aliphatic heterocycles. The molecule has 0 unspecified atom stereocenters. The minimum Gasteiger partial charge on any atom is -0.455 e. The SMILES string of the molecule is c1ccc(-c2nc(-c3cccc4c3oc3ccccc34)nc(-n3c4ccccc4c4cc(-c5ccccc5)c5c6ccccc6n(-c6ccccc6)c5c43)n2)cc1. The highest BCUT2D eigenvalue weighted by molar-refractivity contribution is 6.28. The van der Waals surface area contributed by atoms with Gasteiger partial charge in [-0.05, 0) is 53.6 Å². The van der Waals surface area contributed by atoms with Gasteiger partial charge in [0.05, 0.1) is 27.6 Å². The van der Waals surface area contributed by atoms with Gasteiger partial charge in [-0.2, -0.15) is 9.97 Å². The van der Waals surface area contributed by atoms with Crippen molar-refractivity contribution in [1.29, 1.82) is 0 Å². The van der Waals surface area contributed by atoms with Crippen molar-refractivity contribution in [2.75, 3.05) is 0 Å². The minimum absolute atomic E-state index is 0.525. The molecule has 12 aromatic rings. The molecule has 8 aromatic carbocycles. The minimum atomic E-state index is 0.525. The molecule has 4 heterocycles. The average molecular weight is 730 g/mol. The predicted molar refractivity (Wildman–Crippen MR) is 232 cm³/mol. The first-order valence-electron chi connectivity index (χ1n) is 19.1. The van der Waals surface area contributed by atoms with Gasteiger partial charge in [0, 0.05) is 43.6 Å². The lowest BCUT2D eigenvalue weighted by molar-refractivity contribution is 0.669. The molecule has 0 saturated carbocycles. The monoisotopic (exact) mass is 729 g/mol. The van der Waals surface area contributed by atoms with Crippen LogP contribution in [0.2, 0.25) is 0 Å². The van der Waals surface area contributed by atoms with Gasteiger partial charge >= 0.3 is 0 Å². The molecule has 0 spiro atoms. The van der Waals surface area contributed by atoms with Crippen molar-refractivity contribution < 1.29 is 4.42 Å². The average Bonchev–Trinajstić information content (AvgIpc) is 3.95. The van der Waals surface area contributed by atoms with Crippen molar-refractivity contribution in [3.8, 4) is 45.5 Å². The van der Waals surface area contributed by atoms with Crippen molar-refractivity contribution in [1.82, 2.24) is 24.1 Å². The third kappa shape index (κ3) is 4.74. The molecule has 0 bridgehead atoms. The maximum atomic E-state index is 6.56. The third-order valence-electron chi connectivity index (χ3n) is 11.2. The van der Waals surface area contributed by atoms with Gasteiger partial charge in [-0.15, -0.1) is 0 Å². The summed E-state index contributed by atoms with van der Waals surface area (Å²) in [6.45, 7) is 0. The fourth-order valence-corrected chi connectivity index (χ4v) is 8.72. The molecule has 0 fully saturated rings. The Kier molecular flexibility index (Phi) is 6.83. The molecule has 0 N–H and O–H groups in total. The van der Waals surface area contributed by atoms with Crippen LogP contribution in [0, 0.1) is 0 Å². The van der Waals surface area contributed by atoms with Crippen molar-refractivity contribution in [2.45, 2.75) is 0 Å². The Morgan fingerprint density at radius 3 is 1.75 bits per heavy atom. The highest BCUT2D eigenvalue weighted by Gasteiger charge is 2.26. The predicted octanol–water partition coefficient (Wildman–Crippen LogP) is 13.0. The van der Waals surface area contributed by atoms with E-state index in [-0.39, 0.29) is 0 Å². The number of hydrogen-bond donors (Lipinski definition) is 0. The first-order valence-corrected chi connectivity index (χ1v) is 19.1. The van der Waals surface area contributed by atoms with E-state index in [0.29, 0.717) is 17.6 Å². The Bertz CT molecular complexity index is 3510. The van der Waals surface area contributed by atoms with Gasteiger partial charge in [-0.3, -0.25) is 4.57 Å². The molecule has 0 atom stereocenters. The molecule has 12 rings (SSSR count). The zero-order valence-electron chi connectivity index (χ0n) is 30.5. The number of nitrogens with zero attached hydrogens (tertiary/aromatic N) is 5.